The number of hydrogen-bond donors (Lipinski definition) is 2. The molecule has 0 radical (unpaired) electrons. The van der Waals surface area contributed by atoms with Gasteiger partial charge in [0.1, 0.15) is 17.6 Å². The number of nitrogens with one attached hydrogen (secondary N) is 1. The molecule has 2 aromatic carbocycles. The van der Waals surface area contributed by atoms with E-state index in [1.807, 2.05) is 61.5 Å². The third-order valence-electron chi connectivity index (χ3n) is 6.08. The number of hydrogen-bond acceptors (Lipinski definition) is 5. The van der Waals surface area contributed by atoms with Gasteiger partial charge < -0.3 is 24.6 Å². The van der Waals surface area contributed by atoms with Crippen molar-refractivity contribution in [3.05, 3.63) is 102 Å². The molecule has 2 aromatic heterocycles. The van der Waals surface area contributed by atoms with Crippen LogP contribution in [0.2, 0.25) is 0 Å². The number of benzene rings is 2. The molecule has 0 amide bonds. The van der Waals surface area contributed by atoms with E-state index in [1.54, 1.807) is 30.5 Å². The molecule has 1 aliphatic rings. The van der Waals surface area contributed by atoms with Crippen molar-refractivity contribution in [1.29, 1.82) is 0 Å². The van der Waals surface area contributed by atoms with Gasteiger partial charge in [0.25, 0.3) is 0 Å². The highest BCUT2D eigenvalue weighted by Gasteiger charge is 2.42. The summed E-state index contributed by atoms with van der Waals surface area (Å²) in [5, 5.41) is 13.2. The average Bonchev–Trinajstić information content (AvgIpc) is 3.49. The van der Waals surface area contributed by atoms with Crippen molar-refractivity contribution in [2.45, 2.75) is 12.1 Å². The van der Waals surface area contributed by atoms with Crippen LogP contribution in [0, 0.1) is 0 Å². The van der Waals surface area contributed by atoms with Gasteiger partial charge in [-0.15, -0.1) is 0 Å². The molecule has 0 spiro atoms. The molecule has 35 heavy (non-hydrogen) atoms. The van der Waals surface area contributed by atoms with Crippen molar-refractivity contribution in [2.24, 2.45) is 0 Å². The molecule has 1 fully saturated rings. The van der Waals surface area contributed by atoms with Crippen LogP contribution in [0.3, 0.4) is 0 Å². The maximum Gasteiger partial charge on any atom is 0.335 e. The first-order valence-electron chi connectivity index (χ1n) is 11.1. The van der Waals surface area contributed by atoms with Crippen molar-refractivity contribution in [3.63, 3.8) is 0 Å². The lowest BCUT2D eigenvalue weighted by Crippen LogP contribution is -2.29. The quantitative estimate of drug-likeness (QED) is 0.358. The van der Waals surface area contributed by atoms with Gasteiger partial charge in [-0.05, 0) is 72.9 Å². The van der Waals surface area contributed by atoms with Crippen LogP contribution >= 0.6 is 12.2 Å². The number of thiocarbonyl (C=S) groups is 1. The number of aromatic carboxylic acids is 1. The third kappa shape index (κ3) is 4.36. The lowest BCUT2D eigenvalue weighted by atomic mass is 10.0. The number of carboxylic acids is 1. The summed E-state index contributed by atoms with van der Waals surface area (Å²) in [5.41, 5.74) is 3.92. The minimum absolute atomic E-state index is 0.217. The number of furan rings is 1. The van der Waals surface area contributed by atoms with Gasteiger partial charge >= 0.3 is 5.97 Å². The molecule has 1 saturated heterocycles. The maximum atomic E-state index is 11.2. The lowest BCUT2D eigenvalue weighted by Gasteiger charge is -2.26. The van der Waals surface area contributed by atoms with Crippen molar-refractivity contribution in [2.75, 3.05) is 23.9 Å². The Labute approximate surface area is 208 Å². The van der Waals surface area contributed by atoms with E-state index in [1.165, 1.54) is 0 Å². The number of pyridine rings is 1. The van der Waals surface area contributed by atoms with Crippen LogP contribution in [0.25, 0.3) is 11.3 Å². The Hall–Kier alpha value is -4.17. The van der Waals surface area contributed by atoms with E-state index in [4.69, 9.17) is 16.6 Å². The van der Waals surface area contributed by atoms with Crippen LogP contribution in [0.5, 0.6) is 0 Å². The second-order valence-electron chi connectivity index (χ2n) is 8.49. The molecule has 2 atom stereocenters. The molecule has 4 aromatic rings. The Morgan fingerprint density at radius 1 is 1.03 bits per heavy atom. The molecule has 1 aliphatic heterocycles. The van der Waals surface area contributed by atoms with Gasteiger partial charge in [-0.3, -0.25) is 4.98 Å². The van der Waals surface area contributed by atoms with E-state index in [0.29, 0.717) is 10.9 Å². The molecule has 0 unspecified atom stereocenters. The van der Waals surface area contributed by atoms with Gasteiger partial charge in [-0.25, -0.2) is 4.79 Å². The minimum atomic E-state index is -0.962. The summed E-state index contributed by atoms with van der Waals surface area (Å²) in [6, 6.07) is 24.0. The first-order valence-corrected chi connectivity index (χ1v) is 11.5. The second kappa shape index (κ2) is 9.23. The molecule has 0 bridgehead atoms. The van der Waals surface area contributed by atoms with Gasteiger partial charge in [0, 0.05) is 37.2 Å². The topological polar surface area (TPSA) is 81.8 Å². The fraction of sp³-hybridized carbons (Fsp3) is 0.148. The van der Waals surface area contributed by atoms with Crippen LogP contribution in [0.4, 0.5) is 11.4 Å². The smallest absolute Gasteiger partial charge is 0.335 e. The molecule has 176 valence electrons. The van der Waals surface area contributed by atoms with Gasteiger partial charge in [0.15, 0.2) is 5.11 Å². The molecule has 0 saturated carbocycles. The predicted molar refractivity (Wildman–Crippen MR) is 140 cm³/mol. The zero-order chi connectivity index (χ0) is 24.5. The third-order valence-corrected chi connectivity index (χ3v) is 6.39. The fourth-order valence-electron chi connectivity index (χ4n) is 4.28. The standard InChI is InChI=1S/C27H24N4O3S/c1-30(2)19-10-12-20(13-11-19)31-25(24(29-27(31)35)21-5-3-4-16-28-21)23-15-14-22(34-23)17-6-8-18(9-7-17)26(32)33/h3-16,24-25H,1-2H3,(H,29,35)(H,32,33)/t24-,25-/m1/s1. The molecular weight excluding hydrogens is 460 g/mol. The Kier molecular flexibility index (Phi) is 5.96. The lowest BCUT2D eigenvalue weighted by molar-refractivity contribution is 0.0697. The summed E-state index contributed by atoms with van der Waals surface area (Å²) < 4.78 is 6.34. The van der Waals surface area contributed by atoms with E-state index in [-0.39, 0.29) is 17.6 Å². The molecular formula is C27H24N4O3S. The van der Waals surface area contributed by atoms with E-state index in [2.05, 4.69) is 27.3 Å². The van der Waals surface area contributed by atoms with Crippen molar-refractivity contribution < 1.29 is 14.3 Å². The van der Waals surface area contributed by atoms with Gasteiger partial charge in [0.05, 0.1) is 17.3 Å². The molecule has 3 heterocycles. The largest absolute Gasteiger partial charge is 0.478 e. The SMILES string of the molecule is CN(C)c1ccc(N2C(=S)N[C@H](c3ccccn3)[C@H]2c2ccc(-c3ccc(C(=O)O)cc3)o2)cc1. The van der Waals surface area contributed by atoms with Crippen LogP contribution in [-0.2, 0) is 0 Å². The first-order chi connectivity index (χ1) is 16.9. The van der Waals surface area contributed by atoms with Crippen LogP contribution in [-0.4, -0.2) is 35.3 Å². The summed E-state index contributed by atoms with van der Waals surface area (Å²) in [7, 11) is 4.01. The Bertz CT molecular complexity index is 1350. The van der Waals surface area contributed by atoms with E-state index < -0.39 is 5.97 Å². The van der Waals surface area contributed by atoms with Gasteiger partial charge in [-0.1, -0.05) is 18.2 Å². The van der Waals surface area contributed by atoms with E-state index >= 15 is 0 Å². The number of nitrogens with zero attached hydrogens (tertiary/aromatic N) is 3. The monoisotopic (exact) mass is 484 g/mol. The van der Waals surface area contributed by atoms with Crippen molar-refractivity contribution in [1.82, 2.24) is 10.3 Å². The number of rotatable bonds is 6. The minimum Gasteiger partial charge on any atom is -0.478 e. The van der Waals surface area contributed by atoms with Crippen molar-refractivity contribution in [3.8, 4) is 11.3 Å². The second-order valence-corrected chi connectivity index (χ2v) is 8.88. The van der Waals surface area contributed by atoms with Crippen molar-refractivity contribution >= 4 is 34.7 Å². The highest BCUT2D eigenvalue weighted by molar-refractivity contribution is 7.80. The summed E-state index contributed by atoms with van der Waals surface area (Å²) in [6.07, 6.45) is 1.77. The van der Waals surface area contributed by atoms with E-state index in [0.717, 1.165) is 28.4 Å². The molecule has 7 nitrogen and oxygen atoms in total. The number of carboxylic acid groups (broad SMARTS) is 1. The normalized spacial score (nSPS) is 17.3. The molecule has 8 heteroatoms. The van der Waals surface area contributed by atoms with E-state index in [9.17, 15) is 9.90 Å². The predicted octanol–water partition coefficient (Wildman–Crippen LogP) is 5.28. The Balaban J connectivity index is 1.55. The first kappa shape index (κ1) is 22.6. The number of aromatic nitrogens is 1. The van der Waals surface area contributed by atoms with Gasteiger partial charge in [0.2, 0.25) is 0 Å². The highest BCUT2D eigenvalue weighted by atomic mass is 32.1. The van der Waals surface area contributed by atoms with Crippen LogP contribution < -0.4 is 15.1 Å². The average molecular weight is 485 g/mol. The fourth-order valence-corrected chi connectivity index (χ4v) is 4.62. The van der Waals surface area contributed by atoms with Gasteiger partial charge in [-0.2, -0.15) is 0 Å². The summed E-state index contributed by atoms with van der Waals surface area (Å²) in [5.74, 6) is 0.413. The summed E-state index contributed by atoms with van der Waals surface area (Å²) >= 11 is 5.78. The molecule has 2 N–H and O–H groups in total. The maximum absolute atomic E-state index is 11.2. The zero-order valence-electron chi connectivity index (χ0n) is 19.3. The van der Waals surface area contributed by atoms with Crippen LogP contribution in [0.15, 0.2) is 89.5 Å². The highest BCUT2D eigenvalue weighted by Crippen LogP contribution is 2.43. The zero-order valence-corrected chi connectivity index (χ0v) is 20.1. The molecule has 5 rings (SSSR count). The summed E-state index contributed by atoms with van der Waals surface area (Å²) in [6.45, 7) is 0. The Morgan fingerprint density at radius 2 is 1.77 bits per heavy atom. The number of carbonyl (C=O) groups is 1. The molecule has 0 aliphatic carbocycles. The number of anilines is 2. The Morgan fingerprint density at radius 3 is 2.40 bits per heavy atom. The summed E-state index contributed by atoms with van der Waals surface area (Å²) in [4.78, 5) is 19.9. The van der Waals surface area contributed by atoms with Crippen LogP contribution in [0.1, 0.15) is 33.9 Å².